The van der Waals surface area contributed by atoms with Crippen LogP contribution in [0.1, 0.15) is 41.8 Å². The molecule has 0 saturated heterocycles. The molecular formula is C26H36N4O5S. The van der Waals surface area contributed by atoms with Crippen LogP contribution < -0.4 is 10.1 Å². The van der Waals surface area contributed by atoms with E-state index in [1.165, 1.54) is 10.4 Å². The average molecular weight is 517 g/mol. The summed E-state index contributed by atoms with van der Waals surface area (Å²) in [6.45, 7) is 12.7. The summed E-state index contributed by atoms with van der Waals surface area (Å²) in [6, 6.07) is 5.95. The van der Waals surface area contributed by atoms with Gasteiger partial charge in [-0.15, -0.1) is 11.3 Å². The lowest BCUT2D eigenvalue weighted by molar-refractivity contribution is -0.124. The quantitative estimate of drug-likeness (QED) is 0.316. The molecule has 0 aliphatic rings. The van der Waals surface area contributed by atoms with Crippen molar-refractivity contribution in [3.63, 3.8) is 0 Å². The maximum atomic E-state index is 11.1. The number of aliphatic hydroxyl groups is 2. The molecule has 1 atom stereocenters. The van der Waals surface area contributed by atoms with Gasteiger partial charge in [0.15, 0.2) is 0 Å². The van der Waals surface area contributed by atoms with Gasteiger partial charge in [0.1, 0.15) is 25.1 Å². The molecule has 1 amide bonds. The fraction of sp³-hybridized carbons (Fsp3) is 0.500. The summed E-state index contributed by atoms with van der Waals surface area (Å²) < 4.78 is 11.4. The highest BCUT2D eigenvalue weighted by molar-refractivity contribution is 7.15. The van der Waals surface area contributed by atoms with Gasteiger partial charge in [0.05, 0.1) is 4.88 Å². The first-order chi connectivity index (χ1) is 17.2. The lowest BCUT2D eigenvalue weighted by Gasteiger charge is -2.18. The van der Waals surface area contributed by atoms with Crippen molar-refractivity contribution < 1.29 is 24.3 Å². The molecule has 36 heavy (non-hydrogen) atoms. The highest BCUT2D eigenvalue weighted by Crippen LogP contribution is 2.34. The Balaban J connectivity index is 1.70. The topological polar surface area (TPSA) is 121 Å². The van der Waals surface area contributed by atoms with Crippen LogP contribution in [-0.4, -0.2) is 70.1 Å². The molecule has 0 aliphatic heterocycles. The van der Waals surface area contributed by atoms with E-state index < -0.39 is 18.6 Å². The molecule has 1 unspecified atom stereocenters. The molecule has 0 fully saturated rings. The first-order valence-electron chi connectivity index (χ1n) is 12.2. The van der Waals surface area contributed by atoms with Crippen LogP contribution in [0, 0.1) is 20.8 Å². The lowest BCUT2D eigenvalue weighted by Crippen LogP contribution is -2.36. The van der Waals surface area contributed by atoms with Crippen molar-refractivity contribution >= 4 is 17.2 Å². The fourth-order valence-corrected chi connectivity index (χ4v) is 5.06. The summed E-state index contributed by atoms with van der Waals surface area (Å²) in [7, 11) is 0. The van der Waals surface area contributed by atoms with E-state index in [9.17, 15) is 9.90 Å². The highest BCUT2D eigenvalue weighted by atomic mass is 32.1. The smallest absolute Gasteiger partial charge is 0.268 e. The Morgan fingerprint density at radius 1 is 1.19 bits per heavy atom. The van der Waals surface area contributed by atoms with Crippen LogP contribution in [0.2, 0.25) is 0 Å². The zero-order valence-electron chi connectivity index (χ0n) is 21.6. The number of hydrogen-bond acceptors (Lipinski definition) is 9. The predicted molar refractivity (Wildman–Crippen MR) is 140 cm³/mol. The number of hydrogen-bond donors (Lipinski definition) is 3. The Morgan fingerprint density at radius 2 is 1.92 bits per heavy atom. The number of aryl methyl sites for hydroxylation is 3. The predicted octanol–water partition coefficient (Wildman–Crippen LogP) is 3.47. The number of carbonyl (C=O) groups excluding carboxylic acids is 1. The number of rotatable bonds is 13. The van der Waals surface area contributed by atoms with Gasteiger partial charge in [-0.1, -0.05) is 19.0 Å². The van der Waals surface area contributed by atoms with Gasteiger partial charge < -0.3 is 24.8 Å². The summed E-state index contributed by atoms with van der Waals surface area (Å²) in [5.41, 5.74) is 3.79. The number of aromatic nitrogens is 2. The molecule has 2 heterocycles. The third-order valence-electron chi connectivity index (χ3n) is 5.83. The van der Waals surface area contributed by atoms with Crippen LogP contribution in [0.5, 0.6) is 5.75 Å². The van der Waals surface area contributed by atoms with Crippen LogP contribution >= 0.6 is 11.3 Å². The Labute approximate surface area is 216 Å². The lowest BCUT2D eigenvalue weighted by atomic mass is 10.1. The van der Waals surface area contributed by atoms with E-state index in [0.29, 0.717) is 17.5 Å². The second-order valence-electron chi connectivity index (χ2n) is 8.87. The first kappa shape index (κ1) is 27.8. The molecule has 0 aliphatic carbocycles. The average Bonchev–Trinajstić information content (AvgIpc) is 3.48. The van der Waals surface area contributed by atoms with Gasteiger partial charge in [0, 0.05) is 23.5 Å². The van der Waals surface area contributed by atoms with Gasteiger partial charge in [-0.2, -0.15) is 4.98 Å². The molecule has 0 bridgehead atoms. The van der Waals surface area contributed by atoms with Crippen LogP contribution in [0.3, 0.4) is 0 Å². The summed E-state index contributed by atoms with van der Waals surface area (Å²) in [5.74, 6) is 1.12. The first-order valence-corrected chi connectivity index (χ1v) is 13.0. The number of nitrogens with one attached hydrogen (secondary N) is 1. The Hall–Kier alpha value is -2.79. The van der Waals surface area contributed by atoms with Crippen LogP contribution in [0.25, 0.3) is 22.2 Å². The van der Waals surface area contributed by atoms with Crippen LogP contribution in [0.15, 0.2) is 22.7 Å². The molecule has 3 N–H and O–H groups in total. The van der Waals surface area contributed by atoms with Crippen molar-refractivity contribution in [2.24, 2.45) is 0 Å². The van der Waals surface area contributed by atoms with Crippen LogP contribution in [0.4, 0.5) is 0 Å². The van der Waals surface area contributed by atoms with E-state index in [4.69, 9.17) is 14.4 Å². The monoisotopic (exact) mass is 516 g/mol. The number of nitrogens with zero attached hydrogens (tertiary/aromatic N) is 3. The number of amides is 1. The molecule has 10 heteroatoms. The Morgan fingerprint density at radius 3 is 2.56 bits per heavy atom. The van der Waals surface area contributed by atoms with Crippen molar-refractivity contribution in [1.29, 1.82) is 0 Å². The SMILES string of the molecule is CCCN(CC)Cc1sc(-c2nc(-c3cc(C)c(OCC(O)CNC(=O)CO)c(C)c3)no2)cc1C. The van der Waals surface area contributed by atoms with Gasteiger partial charge in [-0.05, 0) is 75.2 Å². The summed E-state index contributed by atoms with van der Waals surface area (Å²) >= 11 is 1.69. The summed E-state index contributed by atoms with van der Waals surface area (Å²) in [6.07, 6.45) is 0.230. The third kappa shape index (κ3) is 7.13. The van der Waals surface area contributed by atoms with Gasteiger partial charge in [-0.25, -0.2) is 0 Å². The van der Waals surface area contributed by atoms with Gasteiger partial charge in [0.25, 0.3) is 5.89 Å². The van der Waals surface area contributed by atoms with E-state index >= 15 is 0 Å². The zero-order chi connectivity index (χ0) is 26.2. The van der Waals surface area contributed by atoms with E-state index in [1.54, 1.807) is 11.3 Å². The van der Waals surface area contributed by atoms with Crippen molar-refractivity contribution in [3.05, 3.63) is 39.8 Å². The Kier molecular flexibility index (Phi) is 10.0. The van der Waals surface area contributed by atoms with Gasteiger partial charge >= 0.3 is 0 Å². The number of ether oxygens (including phenoxy) is 1. The third-order valence-corrected chi connectivity index (χ3v) is 7.04. The van der Waals surface area contributed by atoms with Gasteiger partial charge in [-0.3, -0.25) is 9.69 Å². The second-order valence-corrected chi connectivity index (χ2v) is 10.0. The highest BCUT2D eigenvalue weighted by Gasteiger charge is 2.18. The van der Waals surface area contributed by atoms with Crippen LogP contribution in [-0.2, 0) is 11.3 Å². The molecular weight excluding hydrogens is 480 g/mol. The molecule has 0 saturated carbocycles. The molecule has 0 spiro atoms. The van der Waals surface area contributed by atoms with Crippen molar-refractivity contribution in [1.82, 2.24) is 20.4 Å². The fourth-order valence-electron chi connectivity index (χ4n) is 3.92. The number of benzene rings is 1. The molecule has 0 radical (unpaired) electrons. The van der Waals surface area contributed by atoms with Crippen molar-refractivity contribution in [2.75, 3.05) is 32.8 Å². The number of thiophene rings is 1. The maximum Gasteiger partial charge on any atom is 0.268 e. The number of aliphatic hydroxyl groups excluding tert-OH is 2. The van der Waals surface area contributed by atoms with Crippen molar-refractivity contribution in [2.45, 2.75) is 53.7 Å². The molecule has 2 aromatic heterocycles. The molecule has 3 aromatic rings. The second kappa shape index (κ2) is 13.0. The van der Waals surface area contributed by atoms with Crippen molar-refractivity contribution in [3.8, 4) is 27.9 Å². The van der Waals surface area contributed by atoms with E-state index in [-0.39, 0.29) is 13.2 Å². The molecule has 196 valence electrons. The largest absolute Gasteiger partial charge is 0.490 e. The molecule has 3 rings (SSSR count). The van der Waals surface area contributed by atoms with E-state index in [0.717, 1.165) is 47.6 Å². The van der Waals surface area contributed by atoms with E-state index in [1.807, 2.05) is 26.0 Å². The Bertz CT molecular complexity index is 1140. The minimum absolute atomic E-state index is 0.000195. The standard InChI is InChI=1S/C26H36N4O5S/c1-6-8-30(7-2)13-22-16(3)11-21(36-22)26-28-25(29-35-26)19-9-17(4)24(18(5)10-19)34-15-20(32)12-27-23(33)14-31/h9-11,20,31-32H,6-8,12-15H2,1-5H3,(H,27,33). The van der Waals surface area contributed by atoms with Gasteiger partial charge in [0.2, 0.25) is 11.7 Å². The minimum atomic E-state index is -0.899. The summed E-state index contributed by atoms with van der Waals surface area (Å²) in [5, 5.41) is 25.4. The normalized spacial score (nSPS) is 12.2. The van der Waals surface area contributed by atoms with E-state index in [2.05, 4.69) is 47.2 Å². The molecule has 9 nitrogen and oxygen atoms in total. The minimum Gasteiger partial charge on any atom is -0.490 e. The zero-order valence-corrected chi connectivity index (χ0v) is 22.4. The number of carbonyl (C=O) groups is 1. The molecule has 1 aromatic carbocycles. The maximum absolute atomic E-state index is 11.1. The summed E-state index contributed by atoms with van der Waals surface area (Å²) in [4.78, 5) is 20.5.